The van der Waals surface area contributed by atoms with Crippen molar-refractivity contribution in [3.63, 3.8) is 0 Å². The molecule has 68 valence electrons. The van der Waals surface area contributed by atoms with E-state index in [-0.39, 0.29) is 34.5 Å². The summed E-state index contributed by atoms with van der Waals surface area (Å²) >= 11 is 0. The SMILES string of the molecule is O=S(=O)([O-])c1coc2ccccc12.[Na+]. The largest absolute Gasteiger partial charge is 1.00 e. The summed E-state index contributed by atoms with van der Waals surface area (Å²) in [6, 6.07) is 6.48. The predicted molar refractivity (Wildman–Crippen MR) is 44.2 cm³/mol. The van der Waals surface area contributed by atoms with Gasteiger partial charge in [0.1, 0.15) is 26.9 Å². The van der Waals surface area contributed by atoms with Crippen molar-refractivity contribution in [2.75, 3.05) is 0 Å². The third-order valence-electron chi connectivity index (χ3n) is 1.71. The molecule has 0 spiro atoms. The van der Waals surface area contributed by atoms with E-state index in [1.54, 1.807) is 18.2 Å². The van der Waals surface area contributed by atoms with Gasteiger partial charge in [0.2, 0.25) is 0 Å². The average molecular weight is 220 g/mol. The molecule has 0 saturated heterocycles. The van der Waals surface area contributed by atoms with Crippen LogP contribution in [0, 0.1) is 0 Å². The zero-order valence-corrected chi connectivity index (χ0v) is 10.2. The Morgan fingerprint density at radius 2 is 1.86 bits per heavy atom. The van der Waals surface area contributed by atoms with Crippen LogP contribution in [0.4, 0.5) is 0 Å². The van der Waals surface area contributed by atoms with Crippen molar-refractivity contribution in [3.8, 4) is 0 Å². The number of benzene rings is 1. The van der Waals surface area contributed by atoms with E-state index in [1.807, 2.05) is 0 Å². The summed E-state index contributed by atoms with van der Waals surface area (Å²) in [6.07, 6.45) is 0.965. The van der Waals surface area contributed by atoms with Crippen LogP contribution in [0.15, 0.2) is 39.8 Å². The van der Waals surface area contributed by atoms with Gasteiger partial charge in [0.25, 0.3) is 0 Å². The van der Waals surface area contributed by atoms with Crippen LogP contribution in [0.5, 0.6) is 0 Å². The maximum Gasteiger partial charge on any atom is 1.00 e. The van der Waals surface area contributed by atoms with Crippen LogP contribution in [0.25, 0.3) is 11.0 Å². The first-order valence-electron chi connectivity index (χ1n) is 3.51. The molecule has 1 heterocycles. The smallest absolute Gasteiger partial charge is 0.744 e. The summed E-state index contributed by atoms with van der Waals surface area (Å²) in [6.45, 7) is 0. The van der Waals surface area contributed by atoms with Gasteiger partial charge in [0.15, 0.2) is 0 Å². The van der Waals surface area contributed by atoms with Crippen LogP contribution >= 0.6 is 0 Å². The maximum atomic E-state index is 10.7. The first-order valence-corrected chi connectivity index (χ1v) is 4.92. The van der Waals surface area contributed by atoms with Crippen molar-refractivity contribution >= 4 is 21.1 Å². The minimum atomic E-state index is -4.43. The molecule has 14 heavy (non-hydrogen) atoms. The van der Waals surface area contributed by atoms with Crippen LogP contribution in [-0.4, -0.2) is 13.0 Å². The van der Waals surface area contributed by atoms with Crippen LogP contribution in [-0.2, 0) is 10.1 Å². The van der Waals surface area contributed by atoms with Gasteiger partial charge >= 0.3 is 29.6 Å². The molecule has 0 amide bonds. The van der Waals surface area contributed by atoms with Gasteiger partial charge in [0.05, 0.1) is 0 Å². The fraction of sp³-hybridized carbons (Fsp3) is 0. The zero-order chi connectivity index (χ0) is 9.47. The van der Waals surface area contributed by atoms with Crippen molar-refractivity contribution < 1.29 is 46.9 Å². The average Bonchev–Trinajstić information content (AvgIpc) is 2.45. The molecule has 0 fully saturated rings. The number of hydrogen-bond donors (Lipinski definition) is 0. The molecular weight excluding hydrogens is 215 g/mol. The number of para-hydroxylation sites is 1. The van der Waals surface area contributed by atoms with Crippen LogP contribution < -0.4 is 29.6 Å². The van der Waals surface area contributed by atoms with Gasteiger partial charge < -0.3 is 8.97 Å². The van der Waals surface area contributed by atoms with E-state index in [4.69, 9.17) is 4.42 Å². The Kier molecular flexibility index (Phi) is 3.39. The third-order valence-corrected chi connectivity index (χ3v) is 2.57. The molecule has 6 heteroatoms. The predicted octanol–water partition coefficient (Wildman–Crippen LogP) is -1.66. The molecular formula is C8H5NaO4S. The molecule has 1 aromatic carbocycles. The Morgan fingerprint density at radius 3 is 2.50 bits per heavy atom. The summed E-state index contributed by atoms with van der Waals surface area (Å²) in [4.78, 5) is -0.303. The van der Waals surface area contributed by atoms with Crippen LogP contribution in [0.1, 0.15) is 0 Å². The van der Waals surface area contributed by atoms with Gasteiger partial charge in [-0.15, -0.1) is 0 Å². The monoisotopic (exact) mass is 220 g/mol. The molecule has 0 unspecified atom stereocenters. The number of furan rings is 1. The molecule has 0 aliphatic heterocycles. The molecule has 0 aliphatic carbocycles. The maximum absolute atomic E-state index is 10.7. The minimum Gasteiger partial charge on any atom is -0.744 e. The summed E-state index contributed by atoms with van der Waals surface area (Å²) < 4.78 is 37.0. The van der Waals surface area contributed by atoms with Gasteiger partial charge in [-0.05, 0) is 12.1 Å². The third kappa shape index (κ3) is 2.02. The molecule has 4 nitrogen and oxygen atoms in total. The van der Waals surface area contributed by atoms with Crippen LogP contribution in [0.2, 0.25) is 0 Å². The molecule has 0 radical (unpaired) electrons. The topological polar surface area (TPSA) is 70.3 Å². The quantitative estimate of drug-likeness (QED) is 0.426. The van der Waals surface area contributed by atoms with Gasteiger partial charge in [-0.3, -0.25) is 0 Å². The van der Waals surface area contributed by atoms with E-state index in [0.717, 1.165) is 6.26 Å². The van der Waals surface area contributed by atoms with Gasteiger partial charge in [-0.2, -0.15) is 0 Å². The summed E-state index contributed by atoms with van der Waals surface area (Å²) in [5.41, 5.74) is 0.400. The van der Waals surface area contributed by atoms with Gasteiger partial charge in [-0.1, -0.05) is 12.1 Å². The first kappa shape index (κ1) is 11.7. The number of rotatable bonds is 1. The second-order valence-electron chi connectivity index (χ2n) is 2.55. The molecule has 0 saturated carbocycles. The van der Waals surface area contributed by atoms with Crippen molar-refractivity contribution in [2.24, 2.45) is 0 Å². The molecule has 0 N–H and O–H groups in total. The van der Waals surface area contributed by atoms with Gasteiger partial charge in [0, 0.05) is 5.39 Å². The Bertz CT molecular complexity index is 543. The number of fused-ring (bicyclic) bond motifs is 1. The molecule has 2 rings (SSSR count). The fourth-order valence-electron chi connectivity index (χ4n) is 1.15. The van der Waals surface area contributed by atoms with Crippen molar-refractivity contribution in [2.45, 2.75) is 4.90 Å². The summed E-state index contributed by atoms with van der Waals surface area (Å²) in [5.74, 6) is 0. The van der Waals surface area contributed by atoms with E-state index < -0.39 is 10.1 Å². The normalized spacial score (nSPS) is 11.2. The Labute approximate surface area is 103 Å². The van der Waals surface area contributed by atoms with E-state index in [2.05, 4.69) is 0 Å². The van der Waals surface area contributed by atoms with E-state index >= 15 is 0 Å². The zero-order valence-electron chi connectivity index (χ0n) is 7.43. The van der Waals surface area contributed by atoms with Crippen molar-refractivity contribution in [1.29, 1.82) is 0 Å². The minimum absolute atomic E-state index is 0. The van der Waals surface area contributed by atoms with E-state index in [1.165, 1.54) is 6.07 Å². The second-order valence-corrected chi connectivity index (χ2v) is 3.90. The molecule has 2 aromatic rings. The standard InChI is InChI=1S/C8H6O4S.Na/c9-13(10,11)8-5-12-7-4-2-1-3-6(7)8;/h1-5H,(H,9,10,11);/q;+1/p-1. The number of hydrogen-bond acceptors (Lipinski definition) is 4. The first-order chi connectivity index (χ1) is 6.09. The van der Waals surface area contributed by atoms with Crippen LogP contribution in [0.3, 0.4) is 0 Å². The summed E-state index contributed by atoms with van der Waals surface area (Å²) in [5, 5.41) is 0.331. The van der Waals surface area contributed by atoms with Crippen molar-refractivity contribution in [1.82, 2.24) is 0 Å². The fourth-order valence-corrected chi connectivity index (χ4v) is 1.75. The Hall–Kier alpha value is -0.330. The molecule has 0 aliphatic rings. The Morgan fingerprint density at radius 1 is 1.21 bits per heavy atom. The van der Waals surface area contributed by atoms with Crippen molar-refractivity contribution in [3.05, 3.63) is 30.5 Å². The second kappa shape index (κ2) is 4.04. The van der Waals surface area contributed by atoms with E-state index in [0.29, 0.717) is 11.0 Å². The molecule has 1 aromatic heterocycles. The van der Waals surface area contributed by atoms with Gasteiger partial charge in [-0.25, -0.2) is 8.42 Å². The molecule has 0 atom stereocenters. The Balaban J connectivity index is 0.000000980. The molecule has 0 bridgehead atoms. The summed E-state index contributed by atoms with van der Waals surface area (Å²) in [7, 11) is -4.43. The van der Waals surface area contributed by atoms with E-state index in [9.17, 15) is 13.0 Å².